The van der Waals surface area contributed by atoms with Crippen molar-refractivity contribution in [3.05, 3.63) is 0 Å². The van der Waals surface area contributed by atoms with Crippen molar-refractivity contribution in [3.63, 3.8) is 0 Å². The molecule has 0 aromatic heterocycles. The van der Waals surface area contributed by atoms with Crippen LogP contribution in [0.4, 0.5) is 4.79 Å². The monoisotopic (exact) mass is 298 g/mol. The fraction of sp³-hybridized carbons (Fsp3) is 0.867. The van der Waals surface area contributed by atoms with E-state index < -0.39 is 23.6 Å². The zero-order valence-electron chi connectivity index (χ0n) is 13.3. The Hall–Kier alpha value is -1.30. The van der Waals surface area contributed by atoms with Crippen LogP contribution >= 0.6 is 0 Å². The third kappa shape index (κ3) is 4.09. The standard InChI is InChI=1S/C15H26N2O4/c1-15(2,3)21-14(20)17-8-7-12(11(9-17)13(18)19)16(4)10-5-6-10/h10-12H,5-9H2,1-4H3,(H,18,19)/t11-,12-/m0/s1. The van der Waals surface area contributed by atoms with Gasteiger partial charge in [0.1, 0.15) is 5.60 Å². The Bertz CT molecular complexity index is 414. The summed E-state index contributed by atoms with van der Waals surface area (Å²) in [7, 11) is 2.00. The van der Waals surface area contributed by atoms with Gasteiger partial charge in [-0.25, -0.2) is 4.79 Å². The summed E-state index contributed by atoms with van der Waals surface area (Å²) in [5, 5.41) is 9.49. The lowest BCUT2D eigenvalue weighted by Crippen LogP contribution is -2.55. The topological polar surface area (TPSA) is 70.1 Å². The minimum atomic E-state index is -0.833. The first kappa shape index (κ1) is 16.1. The smallest absolute Gasteiger partial charge is 0.410 e. The Kier molecular flexibility index (Phi) is 4.46. The van der Waals surface area contributed by atoms with Crippen LogP contribution in [0.15, 0.2) is 0 Å². The maximum absolute atomic E-state index is 12.1. The van der Waals surface area contributed by atoms with E-state index in [1.807, 2.05) is 27.8 Å². The molecule has 21 heavy (non-hydrogen) atoms. The van der Waals surface area contributed by atoms with Crippen LogP contribution in [-0.2, 0) is 9.53 Å². The molecule has 0 aromatic carbocycles. The summed E-state index contributed by atoms with van der Waals surface area (Å²) < 4.78 is 5.34. The molecule has 120 valence electrons. The summed E-state index contributed by atoms with van der Waals surface area (Å²) in [5.41, 5.74) is -0.558. The van der Waals surface area contributed by atoms with Crippen LogP contribution in [0.2, 0.25) is 0 Å². The van der Waals surface area contributed by atoms with E-state index in [4.69, 9.17) is 4.74 Å². The van der Waals surface area contributed by atoms with E-state index in [2.05, 4.69) is 4.90 Å². The van der Waals surface area contributed by atoms with Gasteiger partial charge in [0.15, 0.2) is 0 Å². The maximum Gasteiger partial charge on any atom is 0.410 e. The quantitative estimate of drug-likeness (QED) is 0.860. The zero-order chi connectivity index (χ0) is 15.8. The van der Waals surface area contributed by atoms with E-state index in [9.17, 15) is 14.7 Å². The van der Waals surface area contributed by atoms with Crippen LogP contribution in [-0.4, -0.2) is 64.8 Å². The normalized spacial score (nSPS) is 26.8. The number of aliphatic carboxylic acids is 1. The number of nitrogens with zero attached hydrogens (tertiary/aromatic N) is 2. The second-order valence-electron chi connectivity index (χ2n) is 7.12. The number of piperidine rings is 1. The maximum atomic E-state index is 12.1. The van der Waals surface area contributed by atoms with Crippen molar-refractivity contribution >= 4 is 12.1 Å². The minimum Gasteiger partial charge on any atom is -0.481 e. The van der Waals surface area contributed by atoms with Gasteiger partial charge in [0.2, 0.25) is 0 Å². The molecule has 1 amide bonds. The molecule has 0 spiro atoms. The number of hydrogen-bond acceptors (Lipinski definition) is 4. The number of carbonyl (C=O) groups is 2. The van der Waals surface area contributed by atoms with E-state index in [1.54, 1.807) is 0 Å². The molecule has 0 aromatic rings. The van der Waals surface area contributed by atoms with E-state index in [-0.39, 0.29) is 12.6 Å². The first-order valence-electron chi connectivity index (χ1n) is 7.61. The number of carboxylic acid groups (broad SMARTS) is 1. The SMILES string of the molecule is CN(C1CC1)[C@H]1CCN(C(=O)OC(C)(C)C)C[C@@H]1C(=O)O. The predicted molar refractivity (Wildman–Crippen MR) is 78.1 cm³/mol. The molecule has 2 rings (SSSR count). The van der Waals surface area contributed by atoms with Gasteiger partial charge in [0, 0.05) is 25.2 Å². The summed E-state index contributed by atoms with van der Waals surface area (Å²) in [6.45, 7) is 6.22. The Morgan fingerprint density at radius 1 is 1.24 bits per heavy atom. The van der Waals surface area contributed by atoms with Gasteiger partial charge in [-0.3, -0.25) is 9.69 Å². The minimum absolute atomic E-state index is 0.00804. The molecule has 2 atom stereocenters. The summed E-state index contributed by atoms with van der Waals surface area (Å²) in [6, 6.07) is 0.526. The molecule has 2 fully saturated rings. The number of ether oxygens (including phenoxy) is 1. The van der Waals surface area contributed by atoms with E-state index >= 15 is 0 Å². The van der Waals surface area contributed by atoms with Gasteiger partial charge >= 0.3 is 12.1 Å². The first-order chi connectivity index (χ1) is 9.69. The lowest BCUT2D eigenvalue weighted by atomic mass is 9.91. The highest BCUT2D eigenvalue weighted by Gasteiger charge is 2.42. The van der Waals surface area contributed by atoms with Gasteiger partial charge < -0.3 is 14.7 Å². The Balaban J connectivity index is 2.01. The highest BCUT2D eigenvalue weighted by atomic mass is 16.6. The van der Waals surface area contributed by atoms with Crippen LogP contribution in [0.1, 0.15) is 40.0 Å². The molecule has 1 saturated carbocycles. The molecular weight excluding hydrogens is 272 g/mol. The van der Waals surface area contributed by atoms with Gasteiger partial charge in [-0.15, -0.1) is 0 Å². The molecule has 2 aliphatic rings. The second-order valence-corrected chi connectivity index (χ2v) is 7.12. The molecule has 1 aliphatic heterocycles. The molecule has 1 N–H and O–H groups in total. The average molecular weight is 298 g/mol. The summed E-state index contributed by atoms with van der Waals surface area (Å²) in [4.78, 5) is 27.4. The Morgan fingerprint density at radius 3 is 2.33 bits per heavy atom. The molecule has 6 nitrogen and oxygen atoms in total. The average Bonchev–Trinajstić information content (AvgIpc) is 3.19. The number of hydrogen-bond donors (Lipinski definition) is 1. The fourth-order valence-electron chi connectivity index (χ4n) is 2.91. The molecule has 0 unspecified atom stereocenters. The predicted octanol–water partition coefficient (Wildman–Crippen LogP) is 1.79. The van der Waals surface area contributed by atoms with Gasteiger partial charge in [-0.05, 0) is 47.1 Å². The van der Waals surface area contributed by atoms with Crippen molar-refractivity contribution in [3.8, 4) is 0 Å². The molecule has 1 saturated heterocycles. The summed E-state index contributed by atoms with van der Waals surface area (Å²) >= 11 is 0. The number of amides is 1. The highest BCUT2D eigenvalue weighted by Crippen LogP contribution is 2.32. The largest absolute Gasteiger partial charge is 0.481 e. The van der Waals surface area contributed by atoms with Crippen molar-refractivity contribution < 1.29 is 19.4 Å². The fourth-order valence-corrected chi connectivity index (χ4v) is 2.91. The molecule has 1 aliphatic carbocycles. The number of carboxylic acids is 1. The molecule has 0 radical (unpaired) electrons. The van der Waals surface area contributed by atoms with Crippen LogP contribution < -0.4 is 0 Å². The van der Waals surface area contributed by atoms with Crippen LogP contribution in [0, 0.1) is 5.92 Å². The lowest BCUT2D eigenvalue weighted by Gasteiger charge is -2.41. The molecular formula is C15H26N2O4. The highest BCUT2D eigenvalue weighted by molar-refractivity contribution is 5.74. The van der Waals surface area contributed by atoms with Crippen molar-refractivity contribution in [1.29, 1.82) is 0 Å². The van der Waals surface area contributed by atoms with E-state index in [0.29, 0.717) is 19.0 Å². The molecule has 0 bridgehead atoms. The summed E-state index contributed by atoms with van der Waals surface area (Å²) in [6.07, 6.45) is 2.56. The Labute approximate surface area is 126 Å². The van der Waals surface area contributed by atoms with Crippen LogP contribution in [0.25, 0.3) is 0 Å². The first-order valence-corrected chi connectivity index (χ1v) is 7.61. The number of rotatable bonds is 3. The lowest BCUT2D eigenvalue weighted by molar-refractivity contribution is -0.146. The third-order valence-electron chi connectivity index (χ3n) is 4.19. The van der Waals surface area contributed by atoms with Crippen molar-refractivity contribution in [2.24, 2.45) is 5.92 Å². The zero-order valence-corrected chi connectivity index (χ0v) is 13.3. The summed E-state index contributed by atoms with van der Waals surface area (Å²) in [5.74, 6) is -1.38. The van der Waals surface area contributed by atoms with Crippen LogP contribution in [0.5, 0.6) is 0 Å². The Morgan fingerprint density at radius 2 is 1.86 bits per heavy atom. The van der Waals surface area contributed by atoms with Crippen LogP contribution in [0.3, 0.4) is 0 Å². The van der Waals surface area contributed by atoms with Gasteiger partial charge in [0.05, 0.1) is 5.92 Å². The second kappa shape index (κ2) is 5.83. The van der Waals surface area contributed by atoms with E-state index in [0.717, 1.165) is 12.8 Å². The third-order valence-corrected chi connectivity index (χ3v) is 4.19. The van der Waals surface area contributed by atoms with Crippen molar-refractivity contribution in [2.75, 3.05) is 20.1 Å². The van der Waals surface area contributed by atoms with Gasteiger partial charge in [0.25, 0.3) is 0 Å². The van der Waals surface area contributed by atoms with Crippen molar-refractivity contribution in [1.82, 2.24) is 9.80 Å². The number of carbonyl (C=O) groups excluding carboxylic acids is 1. The van der Waals surface area contributed by atoms with Gasteiger partial charge in [-0.2, -0.15) is 0 Å². The van der Waals surface area contributed by atoms with E-state index in [1.165, 1.54) is 4.90 Å². The molecule has 1 heterocycles. The number of likely N-dealkylation sites (tertiary alicyclic amines) is 1. The van der Waals surface area contributed by atoms with Gasteiger partial charge in [-0.1, -0.05) is 0 Å². The van der Waals surface area contributed by atoms with Crippen molar-refractivity contribution in [2.45, 2.75) is 57.7 Å². The molecule has 6 heteroatoms.